The van der Waals surface area contributed by atoms with Crippen molar-refractivity contribution in [2.24, 2.45) is 0 Å². The molecule has 0 amide bonds. The molecule has 1 N–H and O–H groups in total. The molecule has 5 heteroatoms. The van der Waals surface area contributed by atoms with Crippen molar-refractivity contribution in [3.05, 3.63) is 93.9 Å². The lowest BCUT2D eigenvalue weighted by atomic mass is 10.1. The summed E-state index contributed by atoms with van der Waals surface area (Å²) < 4.78 is 3.99. The molecule has 0 unspecified atom stereocenters. The fraction of sp³-hybridized carbons (Fsp3) is 0.167. The van der Waals surface area contributed by atoms with E-state index in [2.05, 4.69) is 4.57 Å². The Balaban J connectivity index is 2.13. The molecule has 2 aromatic carbocycles. The fourth-order valence-electron chi connectivity index (χ4n) is 4.03. The number of pyridine rings is 1. The Hall–Kier alpha value is -3.60. The Labute approximate surface area is 168 Å². The number of carbonyl (C=O) groups is 1. The Morgan fingerprint density at radius 3 is 2.21 bits per heavy atom. The second-order valence-corrected chi connectivity index (χ2v) is 7.06. The number of hydrogen-bond acceptors (Lipinski definition) is 2. The van der Waals surface area contributed by atoms with Crippen LogP contribution in [0.25, 0.3) is 22.2 Å². The minimum absolute atomic E-state index is 0.204. The molecule has 2 heterocycles. The summed E-state index contributed by atoms with van der Waals surface area (Å²) in [6.07, 6.45) is 1.48. The monoisotopic (exact) mass is 386 g/mol. The first-order valence-corrected chi connectivity index (χ1v) is 9.61. The number of fused-ring (bicyclic) bond motifs is 1. The van der Waals surface area contributed by atoms with Crippen LogP contribution in [0.1, 0.15) is 28.5 Å². The number of nitrogens with zero attached hydrogens (tertiary/aromatic N) is 2. The van der Waals surface area contributed by atoms with Crippen LogP contribution < -0.4 is 5.43 Å². The van der Waals surface area contributed by atoms with E-state index < -0.39 is 11.4 Å². The predicted molar refractivity (Wildman–Crippen MR) is 115 cm³/mol. The van der Waals surface area contributed by atoms with Gasteiger partial charge in [0.15, 0.2) is 0 Å². The lowest BCUT2D eigenvalue weighted by Crippen LogP contribution is -2.19. The van der Waals surface area contributed by atoms with Gasteiger partial charge in [-0.2, -0.15) is 0 Å². The molecule has 29 heavy (non-hydrogen) atoms. The third-order valence-corrected chi connectivity index (χ3v) is 5.33. The molecule has 0 radical (unpaired) electrons. The average molecular weight is 386 g/mol. The minimum Gasteiger partial charge on any atom is -0.477 e. The van der Waals surface area contributed by atoms with Crippen molar-refractivity contribution in [2.45, 2.75) is 26.9 Å². The van der Waals surface area contributed by atoms with Gasteiger partial charge in [-0.3, -0.25) is 4.79 Å². The van der Waals surface area contributed by atoms with Crippen LogP contribution in [0.5, 0.6) is 0 Å². The van der Waals surface area contributed by atoms with E-state index in [0.29, 0.717) is 18.5 Å². The second kappa shape index (κ2) is 7.43. The maximum absolute atomic E-state index is 13.1. The number of rotatable bonds is 5. The van der Waals surface area contributed by atoms with Crippen molar-refractivity contribution in [2.75, 3.05) is 0 Å². The topological polar surface area (TPSA) is 64.2 Å². The van der Waals surface area contributed by atoms with E-state index >= 15 is 0 Å². The van der Waals surface area contributed by atoms with Crippen molar-refractivity contribution in [1.29, 1.82) is 0 Å². The summed E-state index contributed by atoms with van der Waals surface area (Å²) in [5.41, 5.74) is 3.89. The molecule has 0 atom stereocenters. The van der Waals surface area contributed by atoms with Crippen molar-refractivity contribution in [1.82, 2.24) is 9.13 Å². The summed E-state index contributed by atoms with van der Waals surface area (Å²) in [5, 5.41) is 10.1. The first-order chi connectivity index (χ1) is 14.0. The van der Waals surface area contributed by atoms with Crippen molar-refractivity contribution < 1.29 is 9.90 Å². The van der Waals surface area contributed by atoms with Gasteiger partial charge >= 0.3 is 5.97 Å². The van der Waals surface area contributed by atoms with Crippen LogP contribution in [-0.4, -0.2) is 20.2 Å². The molecule has 5 nitrogen and oxygen atoms in total. The lowest BCUT2D eigenvalue weighted by molar-refractivity contribution is 0.0695. The minimum atomic E-state index is -1.20. The van der Waals surface area contributed by atoms with Crippen LogP contribution >= 0.6 is 0 Å². The Morgan fingerprint density at radius 1 is 1.00 bits per heavy atom. The molecule has 0 fully saturated rings. The SMILES string of the molecule is CCn1c(C)c2c(=O)c(C(=O)O)cn(Cc3ccccc3)c2c1-c1ccccc1. The van der Waals surface area contributed by atoms with Crippen molar-refractivity contribution >= 4 is 16.9 Å². The van der Waals surface area contributed by atoms with Crippen LogP contribution in [0.4, 0.5) is 0 Å². The number of aromatic nitrogens is 2. The quantitative estimate of drug-likeness (QED) is 0.547. The summed E-state index contributed by atoms with van der Waals surface area (Å²) in [6.45, 7) is 5.07. The molecule has 0 bridgehead atoms. The average Bonchev–Trinajstić information content (AvgIpc) is 3.04. The van der Waals surface area contributed by atoms with Crippen molar-refractivity contribution in [3.8, 4) is 11.3 Å². The summed E-state index contributed by atoms with van der Waals surface area (Å²) >= 11 is 0. The third kappa shape index (κ3) is 3.14. The van der Waals surface area contributed by atoms with Gasteiger partial charge in [0.25, 0.3) is 0 Å². The van der Waals surface area contributed by atoms with Crippen LogP contribution in [0.2, 0.25) is 0 Å². The standard InChI is InChI=1S/C24H22N2O3/c1-3-26-16(2)20-22(21(26)18-12-8-5-9-13-18)25(14-17-10-6-4-7-11-17)15-19(23(20)27)24(28)29/h4-13,15H,3,14H2,1-2H3,(H,28,29). The molecule has 0 saturated carbocycles. The second-order valence-electron chi connectivity index (χ2n) is 7.06. The van der Waals surface area contributed by atoms with Gasteiger partial charge in [0.2, 0.25) is 5.43 Å². The maximum atomic E-state index is 13.1. The molecule has 0 spiro atoms. The zero-order chi connectivity index (χ0) is 20.5. The van der Waals surface area contributed by atoms with Crippen molar-refractivity contribution in [3.63, 3.8) is 0 Å². The van der Waals surface area contributed by atoms with E-state index in [0.717, 1.165) is 28.0 Å². The van der Waals surface area contributed by atoms with Gasteiger partial charge in [-0.25, -0.2) is 4.79 Å². The summed E-state index contributed by atoms with van der Waals surface area (Å²) in [4.78, 5) is 24.9. The van der Waals surface area contributed by atoms with Crippen LogP contribution in [0.3, 0.4) is 0 Å². The fourth-order valence-corrected chi connectivity index (χ4v) is 4.03. The van der Waals surface area contributed by atoms with Gasteiger partial charge in [-0.05, 0) is 19.4 Å². The molecule has 0 aliphatic carbocycles. The molecule has 0 saturated heterocycles. The number of benzene rings is 2. The van der Waals surface area contributed by atoms with Crippen LogP contribution in [0.15, 0.2) is 71.7 Å². The van der Waals surface area contributed by atoms with E-state index in [9.17, 15) is 14.7 Å². The highest BCUT2D eigenvalue weighted by molar-refractivity contribution is 6.00. The number of aryl methyl sites for hydroxylation is 1. The van der Waals surface area contributed by atoms with Gasteiger partial charge < -0.3 is 14.2 Å². The molecule has 0 aliphatic heterocycles. The number of carboxylic acid groups (broad SMARTS) is 1. The van der Waals surface area contributed by atoms with E-state index in [-0.39, 0.29) is 5.56 Å². The number of hydrogen-bond donors (Lipinski definition) is 1. The maximum Gasteiger partial charge on any atom is 0.341 e. The first kappa shape index (κ1) is 18.7. The highest BCUT2D eigenvalue weighted by Crippen LogP contribution is 2.33. The van der Waals surface area contributed by atoms with Gasteiger partial charge in [0, 0.05) is 30.5 Å². The predicted octanol–water partition coefficient (Wildman–Crippen LogP) is 4.54. The van der Waals surface area contributed by atoms with Crippen LogP contribution in [-0.2, 0) is 13.1 Å². The first-order valence-electron chi connectivity index (χ1n) is 9.61. The molecular weight excluding hydrogens is 364 g/mol. The lowest BCUT2D eigenvalue weighted by Gasteiger charge is -2.14. The smallest absolute Gasteiger partial charge is 0.341 e. The summed E-state index contributed by atoms with van der Waals surface area (Å²) in [6, 6.07) is 19.8. The largest absolute Gasteiger partial charge is 0.477 e. The number of carboxylic acids is 1. The van der Waals surface area contributed by atoms with Gasteiger partial charge in [0.05, 0.1) is 16.6 Å². The molecule has 2 aromatic heterocycles. The molecule has 0 aliphatic rings. The van der Waals surface area contributed by atoms with E-state index in [1.165, 1.54) is 6.20 Å². The Kier molecular flexibility index (Phi) is 4.80. The Morgan fingerprint density at radius 2 is 1.62 bits per heavy atom. The van der Waals surface area contributed by atoms with E-state index in [1.807, 2.05) is 79.1 Å². The Bertz CT molecular complexity index is 1250. The molecule has 4 aromatic rings. The normalized spacial score (nSPS) is 11.1. The molecule has 4 rings (SSSR count). The summed E-state index contributed by atoms with van der Waals surface area (Å²) in [7, 11) is 0. The number of aromatic carboxylic acids is 1. The molecular formula is C24H22N2O3. The zero-order valence-corrected chi connectivity index (χ0v) is 16.4. The van der Waals surface area contributed by atoms with Gasteiger partial charge in [-0.1, -0.05) is 60.7 Å². The van der Waals surface area contributed by atoms with Crippen LogP contribution in [0, 0.1) is 6.92 Å². The highest BCUT2D eigenvalue weighted by atomic mass is 16.4. The van der Waals surface area contributed by atoms with Gasteiger partial charge in [0.1, 0.15) is 5.56 Å². The zero-order valence-electron chi connectivity index (χ0n) is 16.4. The van der Waals surface area contributed by atoms with E-state index in [1.54, 1.807) is 0 Å². The third-order valence-electron chi connectivity index (χ3n) is 5.33. The molecule has 146 valence electrons. The van der Waals surface area contributed by atoms with E-state index in [4.69, 9.17) is 0 Å². The highest BCUT2D eigenvalue weighted by Gasteiger charge is 2.24. The summed E-state index contributed by atoms with van der Waals surface area (Å²) in [5.74, 6) is -1.20. The van der Waals surface area contributed by atoms with Gasteiger partial charge in [-0.15, -0.1) is 0 Å².